The molecule has 0 bridgehead atoms. The average Bonchev–Trinajstić information content (AvgIpc) is 3.05. The largest absolute Gasteiger partial charge is 0.494 e. The van der Waals surface area contributed by atoms with Gasteiger partial charge in [0, 0.05) is 27.3 Å². The van der Waals surface area contributed by atoms with Gasteiger partial charge in [-0.3, -0.25) is 9.59 Å². The van der Waals surface area contributed by atoms with E-state index >= 15 is 0 Å². The van der Waals surface area contributed by atoms with Crippen molar-refractivity contribution in [2.45, 2.75) is 20.8 Å². The second-order valence-corrected chi connectivity index (χ2v) is 7.89. The van der Waals surface area contributed by atoms with Gasteiger partial charge in [-0.1, -0.05) is 23.8 Å². The summed E-state index contributed by atoms with van der Waals surface area (Å²) in [4.78, 5) is 30.6. The molecule has 0 saturated carbocycles. The fourth-order valence-corrected chi connectivity index (χ4v) is 3.98. The molecule has 0 N–H and O–H groups in total. The Bertz CT molecular complexity index is 1020. The molecule has 176 valence electrons. The Morgan fingerprint density at radius 3 is 2.06 bits per heavy atom. The van der Waals surface area contributed by atoms with Crippen molar-refractivity contribution in [3.05, 3.63) is 64.9 Å². The van der Waals surface area contributed by atoms with Crippen LogP contribution in [0.5, 0.6) is 5.75 Å². The highest BCUT2D eigenvalue weighted by Crippen LogP contribution is 2.36. The monoisotopic (exact) mass is 452 g/mol. The van der Waals surface area contributed by atoms with Crippen molar-refractivity contribution in [2.24, 2.45) is 0 Å². The molecule has 33 heavy (non-hydrogen) atoms. The lowest BCUT2D eigenvalue weighted by Gasteiger charge is -2.26. The minimum absolute atomic E-state index is 0.342. The van der Waals surface area contributed by atoms with E-state index in [1.165, 1.54) is 4.90 Å². The first kappa shape index (κ1) is 24.5. The maximum atomic E-state index is 13.8. The van der Waals surface area contributed by atoms with Crippen LogP contribution in [0, 0.1) is 13.8 Å². The highest BCUT2D eigenvalue weighted by Gasteiger charge is 2.42. The van der Waals surface area contributed by atoms with Crippen molar-refractivity contribution >= 4 is 23.1 Å². The van der Waals surface area contributed by atoms with Gasteiger partial charge in [-0.25, -0.2) is 4.90 Å². The summed E-state index contributed by atoms with van der Waals surface area (Å²) in [5.41, 5.74) is 4.06. The van der Waals surface area contributed by atoms with E-state index in [9.17, 15) is 9.59 Å². The maximum absolute atomic E-state index is 13.8. The molecular weight excluding hydrogens is 420 g/mol. The van der Waals surface area contributed by atoms with E-state index in [0.29, 0.717) is 55.6 Å². The predicted octanol–water partition coefficient (Wildman–Crippen LogP) is 3.58. The first-order chi connectivity index (χ1) is 15.9. The van der Waals surface area contributed by atoms with E-state index in [1.54, 1.807) is 38.5 Å². The van der Waals surface area contributed by atoms with Crippen LogP contribution in [0.2, 0.25) is 0 Å². The number of rotatable bonds is 11. The molecule has 1 aliphatic rings. The van der Waals surface area contributed by atoms with Crippen molar-refractivity contribution in [3.8, 4) is 5.75 Å². The zero-order valence-electron chi connectivity index (χ0n) is 20.0. The number of carbonyl (C=O) groups is 2. The lowest BCUT2D eigenvalue weighted by atomic mass is 9.97. The van der Waals surface area contributed by atoms with E-state index in [4.69, 9.17) is 14.2 Å². The SMILES string of the molecule is CCOc1ccc(N2C(=O)C(c3ccc(C)cc3C)=C(N(CCOC)CCOC)C2=O)cc1. The van der Waals surface area contributed by atoms with Crippen LogP contribution in [0.4, 0.5) is 5.69 Å². The molecule has 7 nitrogen and oxygen atoms in total. The summed E-state index contributed by atoms with van der Waals surface area (Å²) in [7, 11) is 3.23. The molecule has 3 rings (SSSR count). The number of carbonyl (C=O) groups excluding carboxylic acids is 2. The number of aryl methyl sites for hydroxylation is 2. The highest BCUT2D eigenvalue weighted by molar-refractivity contribution is 6.45. The van der Waals surface area contributed by atoms with Gasteiger partial charge >= 0.3 is 0 Å². The molecule has 2 amide bonds. The van der Waals surface area contributed by atoms with Gasteiger partial charge in [-0.15, -0.1) is 0 Å². The molecule has 0 atom stereocenters. The fourth-order valence-electron chi connectivity index (χ4n) is 3.98. The van der Waals surface area contributed by atoms with Gasteiger partial charge in [0.2, 0.25) is 0 Å². The van der Waals surface area contributed by atoms with Crippen LogP contribution < -0.4 is 9.64 Å². The zero-order valence-corrected chi connectivity index (χ0v) is 20.0. The molecule has 1 heterocycles. The fraction of sp³-hybridized carbons (Fsp3) is 0.385. The van der Waals surface area contributed by atoms with Gasteiger partial charge in [-0.05, 0) is 56.2 Å². The molecule has 2 aromatic carbocycles. The number of amides is 2. The quantitative estimate of drug-likeness (QED) is 0.486. The minimum atomic E-state index is -0.355. The minimum Gasteiger partial charge on any atom is -0.494 e. The van der Waals surface area contributed by atoms with Crippen LogP contribution in [-0.2, 0) is 19.1 Å². The van der Waals surface area contributed by atoms with Gasteiger partial charge in [0.05, 0.1) is 31.1 Å². The molecule has 0 aromatic heterocycles. The van der Waals surface area contributed by atoms with E-state index in [-0.39, 0.29) is 11.8 Å². The maximum Gasteiger partial charge on any atom is 0.282 e. The van der Waals surface area contributed by atoms with E-state index in [0.717, 1.165) is 16.7 Å². The number of hydrogen-bond acceptors (Lipinski definition) is 6. The number of imide groups is 1. The third-order valence-corrected chi connectivity index (χ3v) is 5.56. The number of hydrogen-bond donors (Lipinski definition) is 0. The lowest BCUT2D eigenvalue weighted by molar-refractivity contribution is -0.120. The van der Waals surface area contributed by atoms with Crippen LogP contribution in [0.3, 0.4) is 0 Å². The molecule has 2 aromatic rings. The molecule has 0 unspecified atom stereocenters. The molecule has 1 aliphatic heterocycles. The van der Waals surface area contributed by atoms with Gasteiger partial charge in [-0.2, -0.15) is 0 Å². The van der Waals surface area contributed by atoms with Crippen molar-refractivity contribution in [1.29, 1.82) is 0 Å². The standard InChI is InChI=1S/C26H32N2O5/c1-6-33-21-10-8-20(9-11-21)28-25(29)23(22-12-7-18(2)17-19(22)3)24(26(28)30)27(13-15-31-4)14-16-32-5/h7-12,17H,6,13-16H2,1-5H3. The smallest absolute Gasteiger partial charge is 0.282 e. The summed E-state index contributed by atoms with van der Waals surface area (Å²) in [6.45, 7) is 8.15. The second kappa shape index (κ2) is 11.1. The molecular formula is C26H32N2O5. The molecule has 0 radical (unpaired) electrons. The summed E-state index contributed by atoms with van der Waals surface area (Å²) >= 11 is 0. The van der Waals surface area contributed by atoms with Crippen LogP contribution in [0.1, 0.15) is 23.6 Å². The van der Waals surface area contributed by atoms with Crippen LogP contribution in [-0.4, -0.2) is 63.8 Å². The van der Waals surface area contributed by atoms with Crippen molar-refractivity contribution in [2.75, 3.05) is 52.0 Å². The molecule has 0 aliphatic carbocycles. The predicted molar refractivity (Wildman–Crippen MR) is 128 cm³/mol. The summed E-state index contributed by atoms with van der Waals surface area (Å²) < 4.78 is 16.1. The van der Waals surface area contributed by atoms with E-state index < -0.39 is 0 Å². The van der Waals surface area contributed by atoms with Crippen molar-refractivity contribution in [3.63, 3.8) is 0 Å². The third-order valence-electron chi connectivity index (χ3n) is 5.56. The van der Waals surface area contributed by atoms with Crippen LogP contribution >= 0.6 is 0 Å². The molecule has 0 fully saturated rings. The van der Waals surface area contributed by atoms with Gasteiger partial charge < -0.3 is 19.1 Å². The van der Waals surface area contributed by atoms with Gasteiger partial charge in [0.15, 0.2) is 0 Å². The van der Waals surface area contributed by atoms with Crippen LogP contribution in [0.15, 0.2) is 48.2 Å². The Kier molecular flexibility index (Phi) is 8.25. The topological polar surface area (TPSA) is 68.3 Å². The molecule has 0 spiro atoms. The number of anilines is 1. The highest BCUT2D eigenvalue weighted by atomic mass is 16.5. The number of ether oxygens (including phenoxy) is 3. The Morgan fingerprint density at radius 1 is 0.879 bits per heavy atom. The van der Waals surface area contributed by atoms with Crippen LogP contribution in [0.25, 0.3) is 5.57 Å². The van der Waals surface area contributed by atoms with E-state index in [1.807, 2.05) is 43.9 Å². The zero-order chi connectivity index (χ0) is 24.0. The van der Waals surface area contributed by atoms with Crippen molar-refractivity contribution < 1.29 is 23.8 Å². The Hall–Kier alpha value is -3.16. The first-order valence-corrected chi connectivity index (χ1v) is 11.1. The second-order valence-electron chi connectivity index (χ2n) is 7.89. The molecule has 0 saturated heterocycles. The first-order valence-electron chi connectivity index (χ1n) is 11.1. The Balaban J connectivity index is 2.11. The van der Waals surface area contributed by atoms with Crippen molar-refractivity contribution in [1.82, 2.24) is 4.90 Å². The Labute approximate surface area is 195 Å². The normalized spacial score (nSPS) is 13.8. The third kappa shape index (κ3) is 5.26. The summed E-state index contributed by atoms with van der Waals surface area (Å²) in [6, 6.07) is 12.9. The summed E-state index contributed by atoms with van der Waals surface area (Å²) in [5.74, 6) is -0.0118. The number of methoxy groups -OCH3 is 2. The number of nitrogens with zero attached hydrogens (tertiary/aromatic N) is 2. The Morgan fingerprint density at radius 2 is 1.52 bits per heavy atom. The average molecular weight is 453 g/mol. The van der Waals surface area contributed by atoms with Gasteiger partial charge in [0.1, 0.15) is 11.4 Å². The summed E-state index contributed by atoms with van der Waals surface area (Å²) in [6.07, 6.45) is 0. The number of benzene rings is 2. The molecule has 7 heteroatoms. The van der Waals surface area contributed by atoms with Gasteiger partial charge in [0.25, 0.3) is 11.8 Å². The van der Waals surface area contributed by atoms with E-state index in [2.05, 4.69) is 0 Å². The lowest BCUT2D eigenvalue weighted by Crippen LogP contribution is -2.37. The summed E-state index contributed by atoms with van der Waals surface area (Å²) in [5, 5.41) is 0.